The third-order valence-electron chi connectivity index (χ3n) is 4.50. The second-order valence-corrected chi connectivity index (χ2v) is 10.4. The molecule has 0 unspecified atom stereocenters. The van der Waals surface area contributed by atoms with Crippen molar-refractivity contribution in [3.63, 3.8) is 0 Å². The molecule has 0 saturated carbocycles. The molecule has 0 aromatic heterocycles. The average Bonchev–Trinajstić information content (AvgIpc) is 3.19. The summed E-state index contributed by atoms with van der Waals surface area (Å²) in [4.78, 5) is 0.275. The highest BCUT2D eigenvalue weighted by Gasteiger charge is 2.38. The topological polar surface area (TPSA) is 55.8 Å². The van der Waals surface area contributed by atoms with E-state index in [9.17, 15) is 8.42 Å². The third kappa shape index (κ3) is 4.67. The Kier molecular flexibility index (Phi) is 7.31. The van der Waals surface area contributed by atoms with Gasteiger partial charge in [-0.2, -0.15) is 4.31 Å². The van der Waals surface area contributed by atoms with Gasteiger partial charge in [0.2, 0.25) is 10.0 Å². The smallest absolute Gasteiger partial charge is 0.244 e. The summed E-state index contributed by atoms with van der Waals surface area (Å²) in [6.45, 7) is 3.20. The van der Waals surface area contributed by atoms with E-state index in [2.05, 4.69) is 22.9 Å². The first-order valence-corrected chi connectivity index (χ1v) is 12.4. The molecule has 0 N–H and O–H groups in total. The molecule has 1 fully saturated rings. The Morgan fingerprint density at radius 3 is 2.64 bits per heavy atom. The molecule has 2 aromatic rings. The first kappa shape index (κ1) is 21.5. The van der Waals surface area contributed by atoms with E-state index in [4.69, 9.17) is 9.47 Å². The number of nitrogens with zero attached hydrogens (tertiary/aromatic N) is 1. The van der Waals surface area contributed by atoms with Gasteiger partial charge >= 0.3 is 0 Å². The van der Waals surface area contributed by atoms with Gasteiger partial charge < -0.3 is 9.47 Å². The first-order chi connectivity index (χ1) is 13.5. The van der Waals surface area contributed by atoms with Crippen molar-refractivity contribution >= 4 is 37.7 Å². The van der Waals surface area contributed by atoms with Crippen LogP contribution in [-0.2, 0) is 10.0 Å². The van der Waals surface area contributed by atoms with Crippen LogP contribution in [0.4, 0.5) is 0 Å². The number of halogens is 1. The summed E-state index contributed by atoms with van der Waals surface area (Å²) in [5.74, 6) is 2.11. The van der Waals surface area contributed by atoms with Gasteiger partial charge in [-0.25, -0.2) is 8.42 Å². The number of ether oxygens (including phenoxy) is 2. The average molecular weight is 486 g/mol. The van der Waals surface area contributed by atoms with Crippen molar-refractivity contribution in [1.82, 2.24) is 4.31 Å². The minimum Gasteiger partial charge on any atom is -0.496 e. The van der Waals surface area contributed by atoms with Crippen LogP contribution in [0.25, 0.3) is 0 Å². The van der Waals surface area contributed by atoms with Crippen LogP contribution in [0.15, 0.2) is 51.8 Å². The lowest BCUT2D eigenvalue weighted by molar-refractivity contribution is 0.309. The summed E-state index contributed by atoms with van der Waals surface area (Å²) in [6.07, 6.45) is 2.03. The van der Waals surface area contributed by atoms with E-state index >= 15 is 0 Å². The van der Waals surface area contributed by atoms with E-state index in [1.807, 2.05) is 18.2 Å². The molecule has 1 atom stereocenters. The number of sulfonamides is 1. The van der Waals surface area contributed by atoms with Crippen molar-refractivity contribution in [2.24, 2.45) is 0 Å². The Labute approximate surface area is 179 Å². The second-order valence-electron chi connectivity index (χ2n) is 6.40. The van der Waals surface area contributed by atoms with Crippen molar-refractivity contribution in [3.05, 3.63) is 52.5 Å². The Bertz CT molecular complexity index is 903. The van der Waals surface area contributed by atoms with Gasteiger partial charge in [-0.05, 0) is 48.9 Å². The molecule has 1 saturated heterocycles. The van der Waals surface area contributed by atoms with Crippen LogP contribution >= 0.6 is 27.7 Å². The fourth-order valence-electron chi connectivity index (χ4n) is 3.02. The molecule has 152 valence electrons. The summed E-state index contributed by atoms with van der Waals surface area (Å²) >= 11 is 5.08. The Hall–Kier alpha value is -1.22. The largest absolute Gasteiger partial charge is 0.496 e. The Morgan fingerprint density at radius 2 is 1.96 bits per heavy atom. The molecule has 0 amide bonds. The monoisotopic (exact) mass is 485 g/mol. The van der Waals surface area contributed by atoms with Crippen LogP contribution < -0.4 is 9.47 Å². The maximum Gasteiger partial charge on any atom is 0.244 e. The lowest BCUT2D eigenvalue weighted by Crippen LogP contribution is -2.30. The number of rotatable bonds is 8. The van der Waals surface area contributed by atoms with Gasteiger partial charge in [0.25, 0.3) is 0 Å². The molecule has 1 aliphatic heterocycles. The van der Waals surface area contributed by atoms with Crippen molar-refractivity contribution < 1.29 is 17.9 Å². The predicted octanol–water partition coefficient (Wildman–Crippen LogP) is 5.07. The minimum atomic E-state index is -3.63. The summed E-state index contributed by atoms with van der Waals surface area (Å²) in [5, 5.41) is -0.321. The van der Waals surface area contributed by atoms with Crippen molar-refractivity contribution in [3.8, 4) is 11.5 Å². The fraction of sp³-hybridized carbons (Fsp3) is 0.400. The molecule has 28 heavy (non-hydrogen) atoms. The number of unbranched alkanes of at least 4 members (excludes halogenated alkanes) is 1. The van der Waals surface area contributed by atoms with E-state index in [0.717, 1.165) is 28.6 Å². The van der Waals surface area contributed by atoms with Crippen molar-refractivity contribution in [2.45, 2.75) is 30.0 Å². The van der Waals surface area contributed by atoms with E-state index in [1.165, 1.54) is 0 Å². The normalized spacial score (nSPS) is 17.6. The number of hydrogen-bond acceptors (Lipinski definition) is 5. The van der Waals surface area contributed by atoms with Crippen LogP contribution in [0, 0.1) is 0 Å². The predicted molar refractivity (Wildman–Crippen MR) is 117 cm³/mol. The van der Waals surface area contributed by atoms with E-state index in [1.54, 1.807) is 47.4 Å². The molecule has 3 rings (SSSR count). The molecule has 5 nitrogen and oxygen atoms in total. The van der Waals surface area contributed by atoms with Gasteiger partial charge in [0.05, 0.1) is 24.0 Å². The molecule has 1 heterocycles. The highest BCUT2D eigenvalue weighted by molar-refractivity contribution is 9.10. The highest BCUT2D eigenvalue weighted by Crippen LogP contribution is 2.45. The standard InChI is InChI=1S/C20H24BrNO4S2/c1-3-4-12-26-16-6-8-17(9-7-16)28(23,24)22-11-13-27-20(22)18-14-15(21)5-10-19(18)25-2/h5-10,14,20H,3-4,11-13H2,1-2H3/t20-/m1/s1. The van der Waals surface area contributed by atoms with Gasteiger partial charge in [-0.1, -0.05) is 29.3 Å². The number of methoxy groups -OCH3 is 1. The number of benzene rings is 2. The highest BCUT2D eigenvalue weighted by atomic mass is 79.9. The summed E-state index contributed by atoms with van der Waals surface area (Å²) < 4.78 is 40.1. The minimum absolute atomic E-state index is 0.275. The van der Waals surface area contributed by atoms with E-state index in [0.29, 0.717) is 24.7 Å². The third-order valence-corrected chi connectivity index (χ3v) is 8.25. The second kappa shape index (κ2) is 9.52. The van der Waals surface area contributed by atoms with Crippen LogP contribution in [0.1, 0.15) is 30.7 Å². The van der Waals surface area contributed by atoms with Gasteiger partial charge in [-0.15, -0.1) is 11.8 Å². The zero-order valence-corrected chi connectivity index (χ0v) is 19.1. The molecule has 2 aromatic carbocycles. The number of thioether (sulfide) groups is 1. The summed E-state index contributed by atoms with van der Waals surface area (Å²) in [5.41, 5.74) is 0.850. The van der Waals surface area contributed by atoms with Crippen molar-refractivity contribution in [2.75, 3.05) is 26.0 Å². The van der Waals surface area contributed by atoms with Gasteiger partial charge in [0.15, 0.2) is 0 Å². The molecule has 0 spiro atoms. The lowest BCUT2D eigenvalue weighted by Gasteiger charge is -2.25. The summed E-state index contributed by atoms with van der Waals surface area (Å²) in [7, 11) is -2.03. The van der Waals surface area contributed by atoms with Crippen LogP contribution in [0.5, 0.6) is 11.5 Å². The molecule has 0 radical (unpaired) electrons. The zero-order chi connectivity index (χ0) is 20.1. The zero-order valence-electron chi connectivity index (χ0n) is 15.9. The first-order valence-electron chi connectivity index (χ1n) is 9.17. The molecule has 0 bridgehead atoms. The Morgan fingerprint density at radius 1 is 1.21 bits per heavy atom. The summed E-state index contributed by atoms with van der Waals surface area (Å²) in [6, 6.07) is 12.4. The maximum atomic E-state index is 13.3. The number of hydrogen-bond donors (Lipinski definition) is 0. The van der Waals surface area contributed by atoms with Crippen LogP contribution in [-0.4, -0.2) is 38.7 Å². The van der Waals surface area contributed by atoms with Gasteiger partial charge in [0, 0.05) is 22.3 Å². The Balaban J connectivity index is 1.86. The SMILES string of the molecule is CCCCOc1ccc(S(=O)(=O)N2CCS[C@@H]2c2cc(Br)ccc2OC)cc1. The van der Waals surface area contributed by atoms with Gasteiger partial charge in [0.1, 0.15) is 11.5 Å². The quantitative estimate of drug-likeness (QED) is 0.488. The fourth-order valence-corrected chi connectivity index (χ4v) is 6.65. The molecule has 0 aliphatic carbocycles. The maximum absolute atomic E-state index is 13.3. The molecule has 1 aliphatic rings. The molecular weight excluding hydrogens is 462 g/mol. The van der Waals surface area contributed by atoms with Gasteiger partial charge in [-0.3, -0.25) is 0 Å². The van der Waals surface area contributed by atoms with E-state index < -0.39 is 10.0 Å². The molecule has 8 heteroatoms. The van der Waals surface area contributed by atoms with E-state index in [-0.39, 0.29) is 10.3 Å². The van der Waals surface area contributed by atoms with Crippen LogP contribution in [0.3, 0.4) is 0 Å². The molecular formula is C20H24BrNO4S2. The van der Waals surface area contributed by atoms with Crippen molar-refractivity contribution in [1.29, 1.82) is 0 Å². The van der Waals surface area contributed by atoms with Crippen LogP contribution in [0.2, 0.25) is 0 Å². The lowest BCUT2D eigenvalue weighted by atomic mass is 10.2.